The van der Waals surface area contributed by atoms with Gasteiger partial charge in [-0.05, 0) is 43.7 Å². The zero-order chi connectivity index (χ0) is 20.3. The third kappa shape index (κ3) is 7.98. The first-order valence-corrected chi connectivity index (χ1v) is 11.3. The molecule has 30 heavy (non-hydrogen) atoms. The molecule has 7 heteroatoms. The molecule has 1 saturated heterocycles. The predicted octanol–water partition coefficient (Wildman–Crippen LogP) is 3.19. The summed E-state index contributed by atoms with van der Waals surface area (Å²) in [6, 6.07) is 9.31. The lowest BCUT2D eigenvalue weighted by molar-refractivity contribution is 0.0420. The van der Waals surface area contributed by atoms with Crippen molar-refractivity contribution in [2.45, 2.75) is 58.2 Å². The maximum Gasteiger partial charge on any atom is 0.191 e. The standard InChI is InChI=1S/C23H38N4O2.HI/c1-3-21(27-13-10-19-8-5-6-9-20(19)17-27)16-26-23(24-4-2)25-12-7-14-29-22-11-15-28-18-22;/h5-6,8-9,21-22H,3-4,7,10-18H2,1-2H3,(H2,24,25,26);1H. The number of halogens is 1. The highest BCUT2D eigenvalue weighted by atomic mass is 127. The maximum absolute atomic E-state index is 5.84. The van der Waals surface area contributed by atoms with E-state index < -0.39 is 0 Å². The number of ether oxygens (including phenoxy) is 2. The van der Waals surface area contributed by atoms with Gasteiger partial charge in [0.1, 0.15) is 0 Å². The van der Waals surface area contributed by atoms with Crippen molar-refractivity contribution >= 4 is 29.9 Å². The highest BCUT2D eigenvalue weighted by Gasteiger charge is 2.22. The van der Waals surface area contributed by atoms with E-state index in [0.717, 1.165) is 84.2 Å². The molecule has 1 fully saturated rings. The van der Waals surface area contributed by atoms with E-state index in [-0.39, 0.29) is 30.1 Å². The van der Waals surface area contributed by atoms with Gasteiger partial charge in [0.25, 0.3) is 0 Å². The largest absolute Gasteiger partial charge is 0.379 e. The fraction of sp³-hybridized carbons (Fsp3) is 0.696. The van der Waals surface area contributed by atoms with Gasteiger partial charge in [-0.15, -0.1) is 24.0 Å². The van der Waals surface area contributed by atoms with Gasteiger partial charge in [-0.25, -0.2) is 0 Å². The number of hydrogen-bond acceptors (Lipinski definition) is 4. The van der Waals surface area contributed by atoms with E-state index in [1.54, 1.807) is 0 Å². The molecule has 2 unspecified atom stereocenters. The average Bonchev–Trinajstić information content (AvgIpc) is 3.27. The summed E-state index contributed by atoms with van der Waals surface area (Å²) >= 11 is 0. The Balaban J connectivity index is 0.00000320. The van der Waals surface area contributed by atoms with Crippen LogP contribution in [0.1, 0.15) is 44.2 Å². The molecule has 3 rings (SSSR count). The quantitative estimate of drug-likeness (QED) is 0.211. The van der Waals surface area contributed by atoms with Crippen LogP contribution in [0.2, 0.25) is 0 Å². The van der Waals surface area contributed by atoms with Crippen LogP contribution >= 0.6 is 24.0 Å². The minimum absolute atomic E-state index is 0. The fourth-order valence-corrected chi connectivity index (χ4v) is 4.04. The molecule has 2 aliphatic heterocycles. The van der Waals surface area contributed by atoms with Gasteiger partial charge < -0.3 is 20.1 Å². The number of rotatable bonds is 10. The Kier molecular flexibility index (Phi) is 12.0. The van der Waals surface area contributed by atoms with Gasteiger partial charge in [-0.2, -0.15) is 0 Å². The van der Waals surface area contributed by atoms with E-state index >= 15 is 0 Å². The van der Waals surface area contributed by atoms with Crippen molar-refractivity contribution in [3.8, 4) is 0 Å². The van der Waals surface area contributed by atoms with E-state index in [0.29, 0.717) is 6.04 Å². The second-order valence-corrected chi connectivity index (χ2v) is 7.91. The molecule has 0 saturated carbocycles. The molecule has 6 nitrogen and oxygen atoms in total. The maximum atomic E-state index is 5.84. The molecule has 1 aromatic rings. The second kappa shape index (κ2) is 14.2. The van der Waals surface area contributed by atoms with Crippen LogP contribution in [0.5, 0.6) is 0 Å². The van der Waals surface area contributed by atoms with Crippen LogP contribution in [0.15, 0.2) is 29.3 Å². The van der Waals surface area contributed by atoms with Gasteiger partial charge in [-0.1, -0.05) is 31.2 Å². The third-order valence-corrected chi connectivity index (χ3v) is 5.81. The van der Waals surface area contributed by atoms with Gasteiger partial charge >= 0.3 is 0 Å². The van der Waals surface area contributed by atoms with Crippen molar-refractivity contribution in [3.05, 3.63) is 35.4 Å². The third-order valence-electron chi connectivity index (χ3n) is 5.81. The molecule has 0 radical (unpaired) electrons. The van der Waals surface area contributed by atoms with Crippen molar-refractivity contribution in [1.82, 2.24) is 15.5 Å². The molecular formula is C23H39IN4O2. The molecular weight excluding hydrogens is 491 g/mol. The SMILES string of the molecule is CCNC(=NCC(CC)N1CCc2ccccc2C1)NCCCOC1CCOC1.I. The molecule has 0 spiro atoms. The van der Waals surface area contributed by atoms with Gasteiger partial charge in [0.2, 0.25) is 0 Å². The van der Waals surface area contributed by atoms with Crippen LogP contribution in [0.4, 0.5) is 0 Å². The molecule has 0 bridgehead atoms. The number of nitrogens with one attached hydrogen (secondary N) is 2. The Morgan fingerprint density at radius 3 is 2.83 bits per heavy atom. The van der Waals surface area contributed by atoms with Gasteiger partial charge in [0.05, 0.1) is 19.3 Å². The number of hydrogen-bond donors (Lipinski definition) is 2. The number of benzene rings is 1. The molecule has 2 aliphatic rings. The van der Waals surface area contributed by atoms with Gasteiger partial charge in [-0.3, -0.25) is 9.89 Å². The molecule has 170 valence electrons. The number of guanidine groups is 1. The summed E-state index contributed by atoms with van der Waals surface area (Å²) in [5.74, 6) is 0.910. The van der Waals surface area contributed by atoms with Crippen molar-refractivity contribution in [2.75, 3.05) is 46.0 Å². The van der Waals surface area contributed by atoms with Crippen LogP contribution in [0.25, 0.3) is 0 Å². The van der Waals surface area contributed by atoms with E-state index in [1.807, 2.05) is 0 Å². The van der Waals surface area contributed by atoms with Crippen molar-refractivity contribution in [3.63, 3.8) is 0 Å². The monoisotopic (exact) mass is 530 g/mol. The number of aliphatic imine (C=N–C) groups is 1. The Labute approximate surface area is 199 Å². The van der Waals surface area contributed by atoms with E-state index in [4.69, 9.17) is 14.5 Å². The fourth-order valence-electron chi connectivity index (χ4n) is 4.04. The lowest BCUT2D eigenvalue weighted by Gasteiger charge is -2.34. The topological polar surface area (TPSA) is 58.1 Å². The zero-order valence-corrected chi connectivity index (χ0v) is 20.9. The summed E-state index contributed by atoms with van der Waals surface area (Å²) < 4.78 is 11.2. The first-order valence-electron chi connectivity index (χ1n) is 11.3. The second-order valence-electron chi connectivity index (χ2n) is 7.91. The summed E-state index contributed by atoms with van der Waals surface area (Å²) in [5, 5.41) is 6.83. The molecule has 0 aromatic heterocycles. The zero-order valence-electron chi connectivity index (χ0n) is 18.6. The minimum Gasteiger partial charge on any atom is -0.379 e. The van der Waals surface area contributed by atoms with Crippen LogP contribution in [-0.2, 0) is 22.4 Å². The van der Waals surface area contributed by atoms with Crippen LogP contribution in [-0.4, -0.2) is 69.0 Å². The molecule has 2 N–H and O–H groups in total. The highest BCUT2D eigenvalue weighted by Crippen LogP contribution is 2.21. The van der Waals surface area contributed by atoms with E-state index in [2.05, 4.69) is 53.6 Å². The van der Waals surface area contributed by atoms with Crippen molar-refractivity contribution in [2.24, 2.45) is 4.99 Å². The first kappa shape index (κ1) is 25.4. The summed E-state index contributed by atoms with van der Waals surface area (Å²) in [4.78, 5) is 7.47. The Hall–Kier alpha value is -0.900. The van der Waals surface area contributed by atoms with Crippen LogP contribution in [0.3, 0.4) is 0 Å². The van der Waals surface area contributed by atoms with Gasteiger partial charge in [0, 0.05) is 45.4 Å². The minimum atomic E-state index is 0. The van der Waals surface area contributed by atoms with Crippen LogP contribution in [0, 0.1) is 0 Å². The molecule has 0 aliphatic carbocycles. The number of nitrogens with zero attached hydrogens (tertiary/aromatic N) is 2. The molecule has 2 atom stereocenters. The summed E-state index contributed by atoms with van der Waals surface area (Å²) in [5.41, 5.74) is 2.97. The molecule has 1 aromatic carbocycles. The van der Waals surface area contributed by atoms with Crippen molar-refractivity contribution < 1.29 is 9.47 Å². The van der Waals surface area contributed by atoms with E-state index in [1.165, 1.54) is 11.1 Å². The number of fused-ring (bicyclic) bond motifs is 1. The molecule has 2 heterocycles. The predicted molar refractivity (Wildman–Crippen MR) is 134 cm³/mol. The lowest BCUT2D eigenvalue weighted by Crippen LogP contribution is -2.43. The Bertz CT molecular complexity index is 637. The smallest absolute Gasteiger partial charge is 0.191 e. The normalized spacial score (nSPS) is 20.3. The molecule has 0 amide bonds. The Morgan fingerprint density at radius 2 is 2.10 bits per heavy atom. The summed E-state index contributed by atoms with van der Waals surface area (Å²) in [6.07, 6.45) is 4.54. The van der Waals surface area contributed by atoms with E-state index in [9.17, 15) is 0 Å². The highest BCUT2D eigenvalue weighted by molar-refractivity contribution is 14.0. The lowest BCUT2D eigenvalue weighted by atomic mass is 9.98. The Morgan fingerprint density at radius 1 is 1.27 bits per heavy atom. The van der Waals surface area contributed by atoms with Crippen molar-refractivity contribution in [1.29, 1.82) is 0 Å². The summed E-state index contributed by atoms with van der Waals surface area (Å²) in [7, 11) is 0. The average molecular weight is 530 g/mol. The van der Waals surface area contributed by atoms with Gasteiger partial charge in [0.15, 0.2) is 5.96 Å². The first-order chi connectivity index (χ1) is 14.3. The van der Waals surface area contributed by atoms with Crippen LogP contribution < -0.4 is 10.6 Å². The summed E-state index contributed by atoms with van der Waals surface area (Å²) in [6.45, 7) is 11.5.